The molecule has 0 aromatic rings. The molecular formula is C47H86O14P2. The number of unbranched alkanes of at least 4 members (excludes halogenated alkanes) is 17. The standard InChI is InChI=1S/C47H86O14P2/c1-4-6-7-8-9-16-20-24-29-34-43(48)35-30-25-22-27-31-36-46(50)57-40-45(41-60-63(55,56)59-39-44(49)38-58-62(52,53)54)61-47(51)37-32-26-21-18-15-13-11-10-12-14-17-19-23-28-33-42(3)5-2/h9,16,22,24-25,29-30,35,42-45,48-49H,4-8,10-15,17-21,23,26-28,31-34,36-41H2,1-3H3,(H,55,56)(H2,52,53,54)/b16-9-,25-22+,29-24-,35-30-/t42?,43?,44-,45+/m0/s1. The predicted molar refractivity (Wildman–Crippen MR) is 250 cm³/mol. The van der Waals surface area contributed by atoms with Gasteiger partial charge in [0.1, 0.15) is 12.7 Å². The molecule has 0 bridgehead atoms. The summed E-state index contributed by atoms with van der Waals surface area (Å²) in [6.45, 7) is 3.95. The Morgan fingerprint density at radius 3 is 1.76 bits per heavy atom. The van der Waals surface area contributed by atoms with Gasteiger partial charge < -0.3 is 34.4 Å². The molecule has 0 heterocycles. The van der Waals surface area contributed by atoms with Gasteiger partial charge in [0.15, 0.2) is 6.10 Å². The first-order valence-corrected chi connectivity index (χ1v) is 26.9. The molecule has 3 unspecified atom stereocenters. The van der Waals surface area contributed by atoms with Gasteiger partial charge in [-0.2, -0.15) is 0 Å². The minimum atomic E-state index is -4.88. The molecule has 0 aliphatic carbocycles. The summed E-state index contributed by atoms with van der Waals surface area (Å²) in [5.41, 5.74) is 0. The predicted octanol–water partition coefficient (Wildman–Crippen LogP) is 11.4. The smallest absolute Gasteiger partial charge is 0.462 e. The second-order valence-electron chi connectivity index (χ2n) is 16.5. The summed E-state index contributed by atoms with van der Waals surface area (Å²) in [6.07, 6.45) is 38.4. The van der Waals surface area contributed by atoms with Crippen LogP contribution in [0, 0.1) is 5.92 Å². The molecule has 63 heavy (non-hydrogen) atoms. The Bertz CT molecular complexity index is 1330. The highest BCUT2D eigenvalue weighted by molar-refractivity contribution is 7.47. The number of carbonyl (C=O) groups excluding carboxylic acids is 2. The third-order valence-corrected chi connectivity index (χ3v) is 11.8. The van der Waals surface area contributed by atoms with Crippen molar-refractivity contribution in [1.82, 2.24) is 0 Å². The maximum Gasteiger partial charge on any atom is 0.472 e. The Kier molecular flexibility index (Phi) is 40.2. The highest BCUT2D eigenvalue weighted by Crippen LogP contribution is 2.43. The summed E-state index contributed by atoms with van der Waals surface area (Å²) in [5, 5.41) is 19.9. The molecule has 0 spiro atoms. The SMILES string of the molecule is CCCCC/C=C\C/C=C\CC(O)/C=C\C=C\CCCC(=O)OC[C@H](COP(=O)(O)OC[C@@H](O)COP(=O)(O)O)OC(=O)CCCCCCCCCCCCCCCCC(C)CC. The third-order valence-electron chi connectivity index (χ3n) is 10.3. The zero-order valence-electron chi connectivity index (χ0n) is 38.9. The van der Waals surface area contributed by atoms with Gasteiger partial charge in [0.2, 0.25) is 0 Å². The lowest BCUT2D eigenvalue weighted by atomic mass is 9.99. The van der Waals surface area contributed by atoms with Crippen LogP contribution < -0.4 is 0 Å². The van der Waals surface area contributed by atoms with Crippen LogP contribution in [0.5, 0.6) is 0 Å². The number of allylic oxidation sites excluding steroid dienone is 6. The molecule has 0 amide bonds. The molecular weight excluding hydrogens is 850 g/mol. The van der Waals surface area contributed by atoms with Crippen LogP contribution in [0.4, 0.5) is 0 Å². The summed E-state index contributed by atoms with van der Waals surface area (Å²) in [4.78, 5) is 52.8. The molecule has 0 aromatic heterocycles. The largest absolute Gasteiger partial charge is 0.472 e. The summed E-state index contributed by atoms with van der Waals surface area (Å²) in [6, 6.07) is 0. The first kappa shape index (κ1) is 61.0. The first-order chi connectivity index (χ1) is 30.2. The summed E-state index contributed by atoms with van der Waals surface area (Å²) >= 11 is 0. The van der Waals surface area contributed by atoms with Crippen LogP contribution in [0.25, 0.3) is 0 Å². The Morgan fingerprint density at radius 2 is 1.14 bits per heavy atom. The molecule has 16 heteroatoms. The second kappa shape index (κ2) is 41.5. The van der Waals surface area contributed by atoms with E-state index in [-0.39, 0.29) is 12.8 Å². The summed E-state index contributed by atoms with van der Waals surface area (Å²) in [5.74, 6) is -0.305. The maximum absolute atomic E-state index is 12.7. The van der Waals surface area contributed by atoms with E-state index in [1.54, 1.807) is 18.2 Å². The Hall–Kier alpha value is -1.96. The summed E-state index contributed by atoms with van der Waals surface area (Å²) < 4.78 is 47.8. The van der Waals surface area contributed by atoms with Gasteiger partial charge in [-0.25, -0.2) is 9.13 Å². The van der Waals surface area contributed by atoms with Crippen molar-refractivity contribution < 1.29 is 66.7 Å². The molecule has 0 rings (SSSR count). The molecule has 0 saturated heterocycles. The molecule has 0 radical (unpaired) electrons. The van der Waals surface area contributed by atoms with Gasteiger partial charge in [-0.3, -0.25) is 23.2 Å². The molecule has 0 aliphatic heterocycles. The number of phosphoric ester groups is 2. The molecule has 0 aromatic carbocycles. The van der Waals surface area contributed by atoms with Crippen molar-refractivity contribution in [3.63, 3.8) is 0 Å². The molecule has 0 saturated carbocycles. The number of ether oxygens (including phenoxy) is 2. The van der Waals surface area contributed by atoms with Crippen molar-refractivity contribution in [3.05, 3.63) is 48.6 Å². The lowest BCUT2D eigenvalue weighted by molar-refractivity contribution is -0.161. The van der Waals surface area contributed by atoms with Gasteiger partial charge in [0.05, 0.1) is 25.9 Å². The van der Waals surface area contributed by atoms with Crippen molar-refractivity contribution in [2.75, 3.05) is 26.4 Å². The Balaban J connectivity index is 4.62. The minimum Gasteiger partial charge on any atom is -0.462 e. The fourth-order valence-corrected chi connectivity index (χ4v) is 7.44. The van der Waals surface area contributed by atoms with Gasteiger partial charge in [0, 0.05) is 12.8 Å². The van der Waals surface area contributed by atoms with E-state index in [1.165, 1.54) is 89.9 Å². The fourth-order valence-electron chi connectivity index (χ4n) is 6.28. The molecule has 5 N–H and O–H groups in total. The van der Waals surface area contributed by atoms with Gasteiger partial charge >= 0.3 is 27.6 Å². The Labute approximate surface area is 380 Å². The number of carbonyl (C=O) groups is 2. The van der Waals surface area contributed by atoms with Gasteiger partial charge in [-0.15, -0.1) is 0 Å². The van der Waals surface area contributed by atoms with Crippen LogP contribution in [-0.4, -0.2) is 81.6 Å². The zero-order chi connectivity index (χ0) is 46.9. The second-order valence-corrected chi connectivity index (χ2v) is 19.2. The first-order valence-electron chi connectivity index (χ1n) is 23.8. The number of aliphatic hydroxyl groups excluding tert-OH is 2. The molecule has 14 nitrogen and oxygen atoms in total. The van der Waals surface area contributed by atoms with Crippen molar-refractivity contribution in [1.29, 1.82) is 0 Å². The van der Waals surface area contributed by atoms with E-state index in [9.17, 15) is 33.8 Å². The van der Waals surface area contributed by atoms with E-state index in [1.807, 2.05) is 18.2 Å². The highest BCUT2D eigenvalue weighted by atomic mass is 31.2. The fraction of sp³-hybridized carbons (Fsp3) is 0.787. The van der Waals surface area contributed by atoms with Crippen LogP contribution in [0.15, 0.2) is 48.6 Å². The van der Waals surface area contributed by atoms with Crippen LogP contribution in [0.1, 0.15) is 188 Å². The number of rotatable bonds is 44. The van der Waals surface area contributed by atoms with Crippen molar-refractivity contribution in [3.8, 4) is 0 Å². The number of phosphoric acid groups is 2. The van der Waals surface area contributed by atoms with Gasteiger partial charge in [0.25, 0.3) is 0 Å². The number of esters is 2. The molecule has 0 aliphatic rings. The minimum absolute atomic E-state index is 0.0605. The van der Waals surface area contributed by atoms with Crippen LogP contribution >= 0.6 is 15.6 Å². The van der Waals surface area contributed by atoms with Crippen LogP contribution in [0.2, 0.25) is 0 Å². The number of hydrogen-bond acceptors (Lipinski definition) is 11. The summed E-state index contributed by atoms with van der Waals surface area (Å²) in [7, 11) is -9.72. The van der Waals surface area contributed by atoms with E-state index in [0.29, 0.717) is 25.7 Å². The number of aliphatic hydroxyl groups is 2. The third kappa shape index (κ3) is 45.0. The van der Waals surface area contributed by atoms with Gasteiger partial charge in [-0.1, -0.05) is 179 Å². The quantitative estimate of drug-likeness (QED) is 0.0126. The zero-order valence-corrected chi connectivity index (χ0v) is 40.7. The molecule has 0 fully saturated rings. The van der Waals surface area contributed by atoms with Crippen molar-refractivity contribution >= 4 is 27.6 Å². The Morgan fingerprint density at radius 1 is 0.587 bits per heavy atom. The van der Waals surface area contributed by atoms with E-state index in [4.69, 9.17) is 23.8 Å². The monoisotopic (exact) mass is 937 g/mol. The lowest BCUT2D eigenvalue weighted by Crippen LogP contribution is -2.30. The average Bonchev–Trinajstić information content (AvgIpc) is 3.24. The van der Waals surface area contributed by atoms with Crippen LogP contribution in [0.3, 0.4) is 0 Å². The van der Waals surface area contributed by atoms with E-state index >= 15 is 0 Å². The van der Waals surface area contributed by atoms with Crippen molar-refractivity contribution in [2.24, 2.45) is 5.92 Å². The highest BCUT2D eigenvalue weighted by Gasteiger charge is 2.28. The van der Waals surface area contributed by atoms with E-state index < -0.39 is 72.3 Å². The van der Waals surface area contributed by atoms with Gasteiger partial charge in [-0.05, 0) is 50.9 Å². The molecule has 368 valence electrons. The van der Waals surface area contributed by atoms with E-state index in [0.717, 1.165) is 44.4 Å². The lowest BCUT2D eigenvalue weighted by Gasteiger charge is -2.20. The normalized spacial score (nSPS) is 15.4. The van der Waals surface area contributed by atoms with E-state index in [2.05, 4.69) is 42.0 Å². The maximum atomic E-state index is 12.7. The number of hydrogen-bond donors (Lipinski definition) is 5. The van der Waals surface area contributed by atoms with Crippen molar-refractivity contribution in [2.45, 2.75) is 206 Å². The average molecular weight is 937 g/mol. The molecule has 5 atom stereocenters. The van der Waals surface area contributed by atoms with Crippen LogP contribution in [-0.2, 0) is 41.8 Å². The topological polar surface area (TPSA) is 216 Å².